The molecule has 0 saturated carbocycles. The molecule has 1 aromatic heterocycles. The number of aromatic nitrogens is 1. The Morgan fingerprint density at radius 1 is 1.26 bits per heavy atom. The molecule has 0 aliphatic carbocycles. The number of rotatable bonds is 4. The Morgan fingerprint density at radius 3 is 3.00 bits per heavy atom. The fourth-order valence-electron chi connectivity index (χ4n) is 2.67. The third kappa shape index (κ3) is 4.40. The zero-order valence-corrected chi connectivity index (χ0v) is 17.2. The van der Waals surface area contributed by atoms with Crippen molar-refractivity contribution >= 4 is 62.2 Å². The summed E-state index contributed by atoms with van der Waals surface area (Å²) in [6.45, 7) is 0. The van der Waals surface area contributed by atoms with Crippen LogP contribution in [0.25, 0.3) is 10.6 Å². The molecule has 0 atom stereocenters. The SMILES string of the molecule is O=C(Cc1csc(-c2cccc(Br)c2)n1)Nc1ccc2c(c1)NC(=O)CS2. The van der Waals surface area contributed by atoms with Crippen LogP contribution < -0.4 is 10.6 Å². The summed E-state index contributed by atoms with van der Waals surface area (Å²) in [4.78, 5) is 29.4. The van der Waals surface area contributed by atoms with Gasteiger partial charge in [0.05, 0.1) is 23.6 Å². The molecular formula is C19H14BrN3O2S2. The molecular weight excluding hydrogens is 446 g/mol. The number of hydrogen-bond acceptors (Lipinski definition) is 5. The molecule has 3 aromatic rings. The molecule has 136 valence electrons. The van der Waals surface area contributed by atoms with Crippen LogP contribution >= 0.6 is 39.0 Å². The number of thiazole rings is 1. The summed E-state index contributed by atoms with van der Waals surface area (Å²) in [5.41, 5.74) is 3.14. The third-order valence-corrected chi connectivity index (χ3v) is 6.37. The van der Waals surface area contributed by atoms with Gasteiger partial charge in [-0.05, 0) is 30.3 Å². The highest BCUT2D eigenvalue weighted by Crippen LogP contribution is 2.33. The van der Waals surface area contributed by atoms with Gasteiger partial charge in [0.15, 0.2) is 0 Å². The van der Waals surface area contributed by atoms with Crippen molar-refractivity contribution in [2.24, 2.45) is 0 Å². The maximum Gasteiger partial charge on any atom is 0.234 e. The number of thioether (sulfide) groups is 1. The van der Waals surface area contributed by atoms with E-state index in [0.717, 1.165) is 31.3 Å². The molecule has 4 rings (SSSR count). The first-order valence-electron chi connectivity index (χ1n) is 8.14. The minimum Gasteiger partial charge on any atom is -0.326 e. The Bertz CT molecular complexity index is 1040. The van der Waals surface area contributed by atoms with E-state index in [-0.39, 0.29) is 18.2 Å². The van der Waals surface area contributed by atoms with Crippen molar-refractivity contribution in [3.63, 3.8) is 0 Å². The number of anilines is 2. The topological polar surface area (TPSA) is 71.1 Å². The molecule has 0 unspecified atom stereocenters. The number of carbonyl (C=O) groups is 2. The number of carbonyl (C=O) groups excluding carboxylic acids is 2. The summed E-state index contributed by atoms with van der Waals surface area (Å²) >= 11 is 6.47. The Balaban J connectivity index is 1.43. The Kier molecular flexibility index (Phi) is 5.29. The highest BCUT2D eigenvalue weighted by Gasteiger charge is 2.16. The predicted molar refractivity (Wildman–Crippen MR) is 113 cm³/mol. The normalized spacial score (nSPS) is 13.0. The van der Waals surface area contributed by atoms with Crippen LogP contribution in [0.2, 0.25) is 0 Å². The highest BCUT2D eigenvalue weighted by molar-refractivity contribution is 9.10. The summed E-state index contributed by atoms with van der Waals surface area (Å²) in [5, 5.41) is 8.48. The predicted octanol–water partition coefficient (Wildman–Crippen LogP) is 4.80. The lowest BCUT2D eigenvalue weighted by Crippen LogP contribution is -2.19. The Morgan fingerprint density at radius 2 is 2.15 bits per heavy atom. The Hall–Kier alpha value is -2.16. The molecule has 8 heteroatoms. The first kappa shape index (κ1) is 18.2. The number of hydrogen-bond donors (Lipinski definition) is 2. The van der Waals surface area contributed by atoms with E-state index < -0.39 is 0 Å². The smallest absolute Gasteiger partial charge is 0.234 e. The number of halogens is 1. The molecule has 0 spiro atoms. The van der Waals surface area contributed by atoms with Gasteiger partial charge in [-0.25, -0.2) is 4.98 Å². The van der Waals surface area contributed by atoms with Crippen molar-refractivity contribution in [2.45, 2.75) is 11.3 Å². The van der Waals surface area contributed by atoms with Gasteiger partial charge in [0.25, 0.3) is 0 Å². The van der Waals surface area contributed by atoms with Crippen molar-refractivity contribution in [2.75, 3.05) is 16.4 Å². The second-order valence-electron chi connectivity index (χ2n) is 5.93. The fourth-order valence-corrected chi connectivity index (χ4v) is 4.68. The molecule has 2 amide bonds. The standard InChI is InChI=1S/C19H14BrN3O2S2/c20-12-3-1-2-11(6-12)19-22-14(9-27-19)8-17(24)21-13-4-5-16-15(7-13)23-18(25)10-26-16/h1-7,9H,8,10H2,(H,21,24)(H,23,25). The lowest BCUT2D eigenvalue weighted by molar-refractivity contribution is -0.115. The van der Waals surface area contributed by atoms with E-state index in [1.807, 2.05) is 41.8 Å². The van der Waals surface area contributed by atoms with Gasteiger partial charge >= 0.3 is 0 Å². The van der Waals surface area contributed by atoms with E-state index in [9.17, 15) is 9.59 Å². The Labute approximate surface area is 172 Å². The zero-order chi connectivity index (χ0) is 18.8. The van der Waals surface area contributed by atoms with Crippen molar-refractivity contribution in [1.29, 1.82) is 0 Å². The van der Waals surface area contributed by atoms with E-state index >= 15 is 0 Å². The number of fused-ring (bicyclic) bond motifs is 1. The van der Waals surface area contributed by atoms with E-state index in [4.69, 9.17) is 0 Å². The maximum absolute atomic E-state index is 12.4. The summed E-state index contributed by atoms with van der Waals surface area (Å²) in [6.07, 6.45) is 0.197. The maximum atomic E-state index is 12.4. The van der Waals surface area contributed by atoms with Crippen LogP contribution in [0.5, 0.6) is 0 Å². The summed E-state index contributed by atoms with van der Waals surface area (Å²) in [5.74, 6) is 0.248. The molecule has 1 aliphatic heterocycles. The summed E-state index contributed by atoms with van der Waals surface area (Å²) in [7, 11) is 0. The molecule has 2 N–H and O–H groups in total. The minimum absolute atomic E-state index is 0.0291. The van der Waals surface area contributed by atoms with Crippen LogP contribution in [0, 0.1) is 0 Å². The summed E-state index contributed by atoms with van der Waals surface area (Å²) < 4.78 is 0.993. The average molecular weight is 460 g/mol. The largest absolute Gasteiger partial charge is 0.326 e. The molecule has 2 heterocycles. The molecule has 0 bridgehead atoms. The van der Waals surface area contributed by atoms with Crippen LogP contribution in [0.3, 0.4) is 0 Å². The van der Waals surface area contributed by atoms with E-state index in [1.165, 1.54) is 23.1 Å². The van der Waals surface area contributed by atoms with Gasteiger partial charge < -0.3 is 10.6 Å². The van der Waals surface area contributed by atoms with Crippen molar-refractivity contribution in [1.82, 2.24) is 4.98 Å². The lowest BCUT2D eigenvalue weighted by atomic mass is 10.2. The summed E-state index contributed by atoms with van der Waals surface area (Å²) in [6, 6.07) is 13.4. The second-order valence-corrected chi connectivity index (χ2v) is 8.72. The molecule has 0 fully saturated rings. The van der Waals surface area contributed by atoms with Gasteiger partial charge in [-0.15, -0.1) is 23.1 Å². The first-order valence-corrected chi connectivity index (χ1v) is 10.8. The monoisotopic (exact) mass is 459 g/mol. The van der Waals surface area contributed by atoms with Gasteiger partial charge in [-0.2, -0.15) is 0 Å². The van der Waals surface area contributed by atoms with Gasteiger partial charge in [-0.3, -0.25) is 9.59 Å². The average Bonchev–Trinajstić information content (AvgIpc) is 3.09. The number of nitrogens with zero attached hydrogens (tertiary/aromatic N) is 1. The van der Waals surface area contributed by atoms with Crippen LogP contribution in [0.4, 0.5) is 11.4 Å². The number of nitrogens with one attached hydrogen (secondary N) is 2. The van der Waals surface area contributed by atoms with Crippen molar-refractivity contribution < 1.29 is 9.59 Å². The molecule has 0 saturated heterocycles. The highest BCUT2D eigenvalue weighted by atomic mass is 79.9. The number of amides is 2. The third-order valence-electron chi connectivity index (χ3n) is 3.86. The van der Waals surface area contributed by atoms with Crippen LogP contribution in [-0.4, -0.2) is 22.6 Å². The zero-order valence-electron chi connectivity index (χ0n) is 14.0. The molecule has 0 radical (unpaired) electrons. The molecule has 1 aliphatic rings. The molecule has 27 heavy (non-hydrogen) atoms. The van der Waals surface area contributed by atoms with E-state index in [2.05, 4.69) is 31.5 Å². The van der Waals surface area contributed by atoms with Crippen molar-refractivity contribution in [3.05, 3.63) is 58.0 Å². The molecule has 5 nitrogen and oxygen atoms in total. The second kappa shape index (κ2) is 7.84. The van der Waals surface area contributed by atoms with Crippen molar-refractivity contribution in [3.8, 4) is 10.6 Å². The van der Waals surface area contributed by atoms with E-state index in [0.29, 0.717) is 11.4 Å². The van der Waals surface area contributed by atoms with E-state index in [1.54, 1.807) is 6.07 Å². The molecule has 2 aromatic carbocycles. The lowest BCUT2D eigenvalue weighted by Gasteiger charge is -2.17. The van der Waals surface area contributed by atoms with Gasteiger partial charge in [0.1, 0.15) is 5.01 Å². The first-order chi connectivity index (χ1) is 13.1. The van der Waals surface area contributed by atoms with Crippen LogP contribution in [0.1, 0.15) is 5.69 Å². The van der Waals surface area contributed by atoms with Gasteiger partial charge in [0.2, 0.25) is 11.8 Å². The fraction of sp³-hybridized carbons (Fsp3) is 0.105. The number of benzene rings is 2. The van der Waals surface area contributed by atoms with Gasteiger partial charge in [-0.1, -0.05) is 28.1 Å². The van der Waals surface area contributed by atoms with Crippen LogP contribution in [0.15, 0.2) is 57.2 Å². The quantitative estimate of drug-likeness (QED) is 0.587. The van der Waals surface area contributed by atoms with Gasteiger partial charge in [0, 0.05) is 26.0 Å². The van der Waals surface area contributed by atoms with Crippen LogP contribution in [-0.2, 0) is 16.0 Å². The minimum atomic E-state index is -0.143.